The van der Waals surface area contributed by atoms with E-state index in [1.807, 2.05) is 50.2 Å². The molecule has 0 saturated carbocycles. The first-order valence-corrected chi connectivity index (χ1v) is 19.2. The Morgan fingerprint density at radius 2 is 1.21 bits per heavy atom. The van der Waals surface area contributed by atoms with E-state index in [0.29, 0.717) is 6.42 Å². The minimum absolute atomic E-state index is 0.0103. The Labute approximate surface area is 332 Å². The number of amides is 4. The number of rotatable bonds is 23. The van der Waals surface area contributed by atoms with Crippen molar-refractivity contribution < 1.29 is 48.9 Å². The van der Waals surface area contributed by atoms with E-state index < -0.39 is 84.3 Å². The van der Waals surface area contributed by atoms with Crippen molar-refractivity contribution >= 4 is 41.5 Å². The molecule has 1 aliphatic heterocycles. The first-order chi connectivity index (χ1) is 27.0. The van der Waals surface area contributed by atoms with Crippen LogP contribution in [-0.4, -0.2) is 129 Å². The Balaban J connectivity index is 1.81. The Kier molecular flexibility index (Phi) is 18.1. The van der Waals surface area contributed by atoms with E-state index in [0.717, 1.165) is 11.1 Å². The second-order valence-electron chi connectivity index (χ2n) is 15.1. The Morgan fingerprint density at radius 1 is 0.719 bits per heavy atom. The van der Waals surface area contributed by atoms with Gasteiger partial charge in [-0.05, 0) is 68.5 Å². The van der Waals surface area contributed by atoms with Crippen molar-refractivity contribution in [2.45, 2.75) is 94.9 Å². The molecule has 1 saturated heterocycles. The molecule has 10 N–H and O–H groups in total. The van der Waals surface area contributed by atoms with Crippen LogP contribution in [-0.2, 0) is 46.4 Å². The van der Waals surface area contributed by atoms with Crippen LogP contribution in [0.15, 0.2) is 60.7 Å². The molecule has 312 valence electrons. The summed E-state index contributed by atoms with van der Waals surface area (Å²) in [5, 5.41) is 36.3. The molecule has 1 fully saturated rings. The maximum Gasteiger partial charge on any atom is 0.323 e. The van der Waals surface area contributed by atoms with Crippen LogP contribution >= 0.6 is 0 Å². The summed E-state index contributed by atoms with van der Waals surface area (Å²) in [6.07, 6.45) is 1.15. The molecule has 57 heavy (non-hydrogen) atoms. The number of aliphatic carboxylic acids is 3. The van der Waals surface area contributed by atoms with Crippen LogP contribution in [0.2, 0.25) is 0 Å². The summed E-state index contributed by atoms with van der Waals surface area (Å²) in [6.45, 7) is 2.87. The second-order valence-corrected chi connectivity index (χ2v) is 15.1. The topological polar surface area (TPSA) is 275 Å². The average molecular weight is 796 g/mol. The van der Waals surface area contributed by atoms with E-state index in [9.17, 15) is 48.9 Å². The highest BCUT2D eigenvalue weighted by atomic mass is 16.4. The molecular weight excluding hydrogens is 738 g/mol. The zero-order chi connectivity index (χ0) is 42.1. The highest BCUT2D eigenvalue weighted by Gasteiger charge is 2.40. The maximum atomic E-state index is 14.1. The van der Waals surface area contributed by atoms with Gasteiger partial charge in [0.1, 0.15) is 23.7 Å². The number of piperidine rings is 1. The number of carboxylic acid groups (broad SMARTS) is 3. The summed E-state index contributed by atoms with van der Waals surface area (Å²) in [5.74, 6) is -6.00. The van der Waals surface area contributed by atoms with E-state index in [2.05, 4.69) is 16.0 Å². The third-order valence-corrected chi connectivity index (χ3v) is 9.83. The quantitative estimate of drug-likeness (QED) is 0.0706. The zero-order valence-electron chi connectivity index (χ0n) is 32.6. The number of unbranched alkanes of at least 4 members (excludes halogenated alkanes) is 1. The van der Waals surface area contributed by atoms with Gasteiger partial charge in [0.25, 0.3) is 0 Å². The molecule has 3 rings (SSSR count). The van der Waals surface area contributed by atoms with Crippen molar-refractivity contribution in [1.29, 1.82) is 0 Å². The molecular formula is C40H57N7O10. The number of hydrogen-bond acceptors (Lipinski definition) is 10. The number of benzene rings is 2. The van der Waals surface area contributed by atoms with Gasteiger partial charge in [-0.15, -0.1) is 0 Å². The number of carbonyl (C=O) groups is 7. The van der Waals surface area contributed by atoms with Gasteiger partial charge in [0.15, 0.2) is 0 Å². The summed E-state index contributed by atoms with van der Waals surface area (Å²) in [6, 6.07) is 13.9. The van der Waals surface area contributed by atoms with E-state index in [-0.39, 0.29) is 70.5 Å². The highest BCUT2D eigenvalue weighted by Crippen LogP contribution is 2.22. The van der Waals surface area contributed by atoms with Crippen LogP contribution in [0.3, 0.4) is 0 Å². The van der Waals surface area contributed by atoms with Gasteiger partial charge in [-0.2, -0.15) is 0 Å². The zero-order valence-corrected chi connectivity index (χ0v) is 32.6. The maximum absolute atomic E-state index is 14.1. The number of nitrogens with zero attached hydrogens (tertiary/aromatic N) is 2. The van der Waals surface area contributed by atoms with Crippen LogP contribution in [0.1, 0.15) is 63.5 Å². The van der Waals surface area contributed by atoms with Crippen LogP contribution < -0.4 is 27.4 Å². The monoisotopic (exact) mass is 795 g/mol. The van der Waals surface area contributed by atoms with Crippen LogP contribution in [0.4, 0.5) is 0 Å². The fourth-order valence-corrected chi connectivity index (χ4v) is 6.64. The summed E-state index contributed by atoms with van der Waals surface area (Å²) < 4.78 is 0. The van der Waals surface area contributed by atoms with Crippen LogP contribution in [0.25, 0.3) is 0 Å². The molecule has 0 bridgehead atoms. The third kappa shape index (κ3) is 15.6. The van der Waals surface area contributed by atoms with Gasteiger partial charge in [-0.1, -0.05) is 74.5 Å². The predicted octanol–water partition coefficient (Wildman–Crippen LogP) is 0.346. The minimum Gasteiger partial charge on any atom is -0.480 e. The van der Waals surface area contributed by atoms with Crippen molar-refractivity contribution in [3.8, 4) is 0 Å². The lowest BCUT2D eigenvalue weighted by Gasteiger charge is -2.38. The van der Waals surface area contributed by atoms with Gasteiger partial charge in [-0.3, -0.25) is 38.5 Å². The van der Waals surface area contributed by atoms with Gasteiger partial charge >= 0.3 is 17.9 Å². The number of nitrogens with two attached hydrogens (primary N) is 2. The number of hydrogen-bond donors (Lipinski definition) is 8. The Hall–Kier alpha value is -5.39. The number of nitrogens with one attached hydrogen (secondary N) is 3. The third-order valence-electron chi connectivity index (χ3n) is 9.83. The summed E-state index contributed by atoms with van der Waals surface area (Å²) in [7, 11) is 0. The lowest BCUT2D eigenvalue weighted by Crippen LogP contribution is -2.60. The molecule has 17 heteroatoms. The van der Waals surface area contributed by atoms with Crippen LogP contribution in [0, 0.1) is 5.92 Å². The van der Waals surface area contributed by atoms with E-state index in [4.69, 9.17) is 11.5 Å². The molecule has 2 aromatic carbocycles. The van der Waals surface area contributed by atoms with Gasteiger partial charge < -0.3 is 47.6 Å². The fourth-order valence-electron chi connectivity index (χ4n) is 6.64. The molecule has 2 aromatic rings. The van der Waals surface area contributed by atoms with E-state index >= 15 is 0 Å². The molecule has 0 spiro atoms. The standard InChI is InChI=1S/C40H57N7O10/c1-26(2)21-31(45-37(54)32(23-28-13-7-4-8-14-28)44-35(52)29(41)22-27-11-5-3-6-12-27)36(53)43-30(15-9-10-18-46(24-33(48)49)25-34(50)51)38(55)47-19-16-40(42,17-20-47)39(56)57/h3-8,11-14,26,29-32H,9-10,15-25,41-42H2,1-2H3,(H,43,53)(H,44,52)(H,45,54)(H,48,49)(H,50,51)(H,56,57)/t29-,30-,31-,32-/m1/s1. The van der Waals surface area contributed by atoms with Crippen molar-refractivity contribution in [3.05, 3.63) is 71.8 Å². The van der Waals surface area contributed by atoms with Crippen molar-refractivity contribution in [1.82, 2.24) is 25.8 Å². The molecule has 1 aliphatic rings. The van der Waals surface area contributed by atoms with E-state index in [1.54, 1.807) is 24.3 Å². The SMILES string of the molecule is CC(C)C[C@@H](NC(=O)[C@@H](Cc1ccccc1)NC(=O)[C@H](N)Cc1ccccc1)C(=O)N[C@H](CCCCN(CC(=O)O)CC(=O)O)C(=O)N1CCC(N)(C(=O)O)CC1. The Bertz CT molecular complexity index is 1650. The minimum atomic E-state index is -1.50. The first-order valence-electron chi connectivity index (χ1n) is 19.2. The summed E-state index contributed by atoms with van der Waals surface area (Å²) in [4.78, 5) is 92.3. The predicted molar refractivity (Wildman–Crippen MR) is 209 cm³/mol. The summed E-state index contributed by atoms with van der Waals surface area (Å²) in [5.41, 5.74) is 12.4. The highest BCUT2D eigenvalue weighted by molar-refractivity contribution is 5.95. The number of likely N-dealkylation sites (tertiary alicyclic amines) is 1. The smallest absolute Gasteiger partial charge is 0.323 e. The van der Waals surface area contributed by atoms with Crippen molar-refractivity contribution in [2.24, 2.45) is 17.4 Å². The van der Waals surface area contributed by atoms with Gasteiger partial charge in [0.05, 0.1) is 19.1 Å². The molecule has 0 aromatic heterocycles. The van der Waals surface area contributed by atoms with Crippen molar-refractivity contribution in [3.63, 3.8) is 0 Å². The molecule has 17 nitrogen and oxygen atoms in total. The van der Waals surface area contributed by atoms with Gasteiger partial charge in [-0.25, -0.2) is 0 Å². The Morgan fingerprint density at radius 3 is 1.72 bits per heavy atom. The fraction of sp³-hybridized carbons (Fsp3) is 0.525. The van der Waals surface area contributed by atoms with Gasteiger partial charge in [0.2, 0.25) is 23.6 Å². The average Bonchev–Trinajstić information content (AvgIpc) is 3.15. The molecule has 0 unspecified atom stereocenters. The normalized spacial score (nSPS) is 15.9. The number of carboxylic acids is 3. The molecule has 0 radical (unpaired) electrons. The first kappa shape index (κ1) is 46.0. The lowest BCUT2D eigenvalue weighted by molar-refractivity contribution is -0.148. The molecule has 4 atom stereocenters. The second kappa shape index (κ2) is 22.4. The lowest BCUT2D eigenvalue weighted by atomic mass is 9.88. The molecule has 0 aliphatic carbocycles. The van der Waals surface area contributed by atoms with E-state index in [1.165, 1.54) is 9.80 Å². The van der Waals surface area contributed by atoms with Crippen LogP contribution in [0.5, 0.6) is 0 Å². The molecule has 4 amide bonds. The molecule has 1 heterocycles. The largest absolute Gasteiger partial charge is 0.480 e. The number of carbonyl (C=O) groups excluding carboxylic acids is 4. The van der Waals surface area contributed by atoms with Gasteiger partial charge in [0, 0.05) is 19.5 Å². The summed E-state index contributed by atoms with van der Waals surface area (Å²) >= 11 is 0. The van der Waals surface area contributed by atoms with Crippen molar-refractivity contribution in [2.75, 3.05) is 32.7 Å².